The van der Waals surface area contributed by atoms with Crippen LogP contribution in [0.3, 0.4) is 0 Å². The SMILES string of the molecule is I.NC(=NCC(c1ccc(Cl)cc1)N1CCOCC1)N1CCN(c2nccs2)CC1. The highest BCUT2D eigenvalue weighted by atomic mass is 127. The minimum absolute atomic E-state index is 0. The number of morpholine rings is 1. The minimum Gasteiger partial charge on any atom is -0.379 e. The molecule has 1 unspecified atom stereocenters. The molecule has 4 rings (SSSR count). The average molecular weight is 563 g/mol. The van der Waals surface area contributed by atoms with Crippen LogP contribution in [0.5, 0.6) is 0 Å². The van der Waals surface area contributed by atoms with E-state index in [1.807, 2.05) is 23.7 Å². The Labute approximate surface area is 203 Å². The number of hydrogen-bond donors (Lipinski definition) is 1. The highest BCUT2D eigenvalue weighted by molar-refractivity contribution is 14.0. The quantitative estimate of drug-likeness (QED) is 0.343. The molecule has 3 heterocycles. The number of piperazine rings is 1. The fourth-order valence-corrected chi connectivity index (χ4v) is 4.61. The number of anilines is 1. The van der Waals surface area contributed by atoms with E-state index in [1.165, 1.54) is 5.56 Å². The highest BCUT2D eigenvalue weighted by Gasteiger charge is 2.24. The number of ether oxygens (including phenoxy) is 1. The highest BCUT2D eigenvalue weighted by Crippen LogP contribution is 2.24. The number of nitrogens with two attached hydrogens (primary N) is 1. The topological polar surface area (TPSA) is 70.2 Å². The molecule has 0 radical (unpaired) electrons. The smallest absolute Gasteiger partial charge is 0.191 e. The first kappa shape index (κ1) is 23.5. The van der Waals surface area contributed by atoms with Crippen LogP contribution < -0.4 is 10.6 Å². The van der Waals surface area contributed by atoms with Crippen LogP contribution in [0.4, 0.5) is 5.13 Å². The summed E-state index contributed by atoms with van der Waals surface area (Å²) in [6, 6.07) is 8.22. The van der Waals surface area contributed by atoms with Crippen molar-refractivity contribution in [1.29, 1.82) is 0 Å². The standard InChI is InChI=1S/C20H27ClN6OS.HI/c21-17-3-1-16(2-4-17)18(25-10-12-28-13-11-25)15-24-19(22)26-6-8-27(9-7-26)20-23-5-14-29-20;/h1-5,14,18H,6-13,15H2,(H2,22,24);1H. The Balaban J connectivity index is 0.00000256. The summed E-state index contributed by atoms with van der Waals surface area (Å²) in [5, 5.41) is 3.84. The molecule has 0 aliphatic carbocycles. The van der Waals surface area contributed by atoms with Gasteiger partial charge in [-0.1, -0.05) is 23.7 Å². The second-order valence-electron chi connectivity index (χ2n) is 7.20. The molecule has 1 aromatic heterocycles. The Bertz CT molecular complexity index is 792. The van der Waals surface area contributed by atoms with Crippen molar-refractivity contribution in [2.45, 2.75) is 6.04 Å². The zero-order valence-electron chi connectivity index (χ0n) is 16.8. The van der Waals surface area contributed by atoms with Crippen LogP contribution in [0.1, 0.15) is 11.6 Å². The van der Waals surface area contributed by atoms with Gasteiger partial charge in [0.15, 0.2) is 11.1 Å². The first-order chi connectivity index (χ1) is 14.2. The van der Waals surface area contributed by atoms with Gasteiger partial charge in [0, 0.05) is 55.9 Å². The summed E-state index contributed by atoms with van der Waals surface area (Å²) in [5.41, 5.74) is 7.58. The molecule has 30 heavy (non-hydrogen) atoms. The summed E-state index contributed by atoms with van der Waals surface area (Å²) < 4.78 is 5.53. The number of nitrogens with zero attached hydrogens (tertiary/aromatic N) is 5. The number of guanidine groups is 1. The maximum absolute atomic E-state index is 6.37. The monoisotopic (exact) mass is 562 g/mol. The lowest BCUT2D eigenvalue weighted by Crippen LogP contribution is -2.51. The lowest BCUT2D eigenvalue weighted by atomic mass is 10.0. The van der Waals surface area contributed by atoms with Gasteiger partial charge in [0.1, 0.15) is 0 Å². The van der Waals surface area contributed by atoms with Gasteiger partial charge in [-0.05, 0) is 17.7 Å². The summed E-state index contributed by atoms with van der Waals surface area (Å²) >= 11 is 7.76. The fraction of sp³-hybridized carbons (Fsp3) is 0.500. The van der Waals surface area contributed by atoms with Crippen LogP contribution in [0, 0.1) is 0 Å². The number of aromatic nitrogens is 1. The van der Waals surface area contributed by atoms with Crippen molar-refractivity contribution in [2.24, 2.45) is 10.7 Å². The molecule has 0 amide bonds. The van der Waals surface area contributed by atoms with E-state index >= 15 is 0 Å². The molecule has 2 aromatic rings. The molecule has 2 fully saturated rings. The molecule has 164 valence electrons. The number of thiazole rings is 1. The second kappa shape index (κ2) is 11.5. The van der Waals surface area contributed by atoms with E-state index in [1.54, 1.807) is 11.3 Å². The van der Waals surface area contributed by atoms with Crippen molar-refractivity contribution in [1.82, 2.24) is 14.8 Å². The van der Waals surface area contributed by atoms with Crippen molar-refractivity contribution >= 4 is 58.0 Å². The van der Waals surface area contributed by atoms with E-state index in [-0.39, 0.29) is 30.0 Å². The van der Waals surface area contributed by atoms with Gasteiger partial charge in [-0.15, -0.1) is 35.3 Å². The molecule has 1 aromatic carbocycles. The predicted octanol–water partition coefficient (Wildman–Crippen LogP) is 2.92. The van der Waals surface area contributed by atoms with Crippen LogP contribution in [-0.2, 0) is 4.74 Å². The van der Waals surface area contributed by atoms with Gasteiger partial charge in [0.05, 0.1) is 25.8 Å². The Hall–Kier alpha value is -1.14. The largest absolute Gasteiger partial charge is 0.379 e. The van der Waals surface area contributed by atoms with Crippen molar-refractivity contribution in [3.05, 3.63) is 46.4 Å². The fourth-order valence-electron chi connectivity index (χ4n) is 3.78. The molecule has 0 saturated carbocycles. The van der Waals surface area contributed by atoms with Gasteiger partial charge < -0.3 is 20.3 Å². The number of rotatable bonds is 5. The molecule has 10 heteroatoms. The third kappa shape index (κ3) is 5.97. The Morgan fingerprint density at radius 3 is 2.47 bits per heavy atom. The van der Waals surface area contributed by atoms with Gasteiger partial charge in [-0.2, -0.15) is 0 Å². The van der Waals surface area contributed by atoms with Crippen molar-refractivity contribution in [3.63, 3.8) is 0 Å². The number of hydrogen-bond acceptors (Lipinski definition) is 6. The molecule has 2 N–H and O–H groups in total. The normalized spacial score (nSPS) is 19.4. The van der Waals surface area contributed by atoms with Crippen LogP contribution in [0.2, 0.25) is 5.02 Å². The third-order valence-corrected chi connectivity index (χ3v) is 6.55. The maximum atomic E-state index is 6.37. The Kier molecular flexibility index (Phi) is 8.99. The van der Waals surface area contributed by atoms with Gasteiger partial charge in [-0.3, -0.25) is 9.89 Å². The molecule has 0 bridgehead atoms. The van der Waals surface area contributed by atoms with E-state index in [4.69, 9.17) is 27.1 Å². The van der Waals surface area contributed by atoms with Crippen LogP contribution >= 0.6 is 46.9 Å². The molecule has 1 atom stereocenters. The number of halogens is 2. The number of aliphatic imine (C=N–C) groups is 1. The van der Waals surface area contributed by atoms with E-state index in [9.17, 15) is 0 Å². The summed E-state index contributed by atoms with van der Waals surface area (Å²) in [5.74, 6) is 0.621. The molecule has 2 aliphatic rings. The molecular weight excluding hydrogens is 535 g/mol. The average Bonchev–Trinajstić information content (AvgIpc) is 3.31. The van der Waals surface area contributed by atoms with E-state index in [0.717, 1.165) is 62.6 Å². The van der Waals surface area contributed by atoms with Gasteiger partial charge in [0.2, 0.25) is 0 Å². The first-order valence-corrected chi connectivity index (χ1v) is 11.2. The van der Waals surface area contributed by atoms with Crippen LogP contribution in [-0.4, -0.2) is 79.8 Å². The molecule has 7 nitrogen and oxygen atoms in total. The third-order valence-electron chi connectivity index (χ3n) is 5.46. The minimum atomic E-state index is 0. The van der Waals surface area contributed by atoms with E-state index < -0.39 is 0 Å². The molecular formula is C20H28ClIN6OS. The first-order valence-electron chi connectivity index (χ1n) is 9.97. The maximum Gasteiger partial charge on any atom is 0.191 e. The predicted molar refractivity (Wildman–Crippen MR) is 134 cm³/mol. The lowest BCUT2D eigenvalue weighted by molar-refractivity contribution is 0.0179. The van der Waals surface area contributed by atoms with Crippen molar-refractivity contribution in [2.75, 3.05) is 63.9 Å². The molecule has 2 aliphatic heterocycles. The van der Waals surface area contributed by atoms with Gasteiger partial charge in [0.25, 0.3) is 0 Å². The molecule has 0 spiro atoms. The summed E-state index contributed by atoms with van der Waals surface area (Å²) in [6.07, 6.45) is 1.85. The van der Waals surface area contributed by atoms with Crippen molar-refractivity contribution in [3.8, 4) is 0 Å². The molecule has 2 saturated heterocycles. The number of benzene rings is 1. The summed E-state index contributed by atoms with van der Waals surface area (Å²) in [7, 11) is 0. The zero-order valence-corrected chi connectivity index (χ0v) is 20.7. The Morgan fingerprint density at radius 2 is 1.83 bits per heavy atom. The summed E-state index contributed by atoms with van der Waals surface area (Å²) in [6.45, 7) is 7.46. The Morgan fingerprint density at radius 1 is 1.13 bits per heavy atom. The van der Waals surface area contributed by atoms with E-state index in [2.05, 4.69) is 31.8 Å². The van der Waals surface area contributed by atoms with Gasteiger partial charge >= 0.3 is 0 Å². The van der Waals surface area contributed by atoms with Crippen LogP contribution in [0.25, 0.3) is 0 Å². The lowest BCUT2D eigenvalue weighted by Gasteiger charge is -2.36. The van der Waals surface area contributed by atoms with Crippen LogP contribution in [0.15, 0.2) is 40.8 Å². The second-order valence-corrected chi connectivity index (χ2v) is 8.51. The summed E-state index contributed by atoms with van der Waals surface area (Å²) in [4.78, 5) is 16.1. The van der Waals surface area contributed by atoms with Crippen molar-refractivity contribution < 1.29 is 4.74 Å². The van der Waals surface area contributed by atoms with E-state index in [0.29, 0.717) is 12.5 Å². The van der Waals surface area contributed by atoms with Gasteiger partial charge in [-0.25, -0.2) is 4.98 Å². The zero-order chi connectivity index (χ0) is 20.1.